The van der Waals surface area contributed by atoms with Crippen molar-refractivity contribution < 1.29 is 19.2 Å². The summed E-state index contributed by atoms with van der Waals surface area (Å²) < 4.78 is 4.94. The molecule has 3 rings (SSSR count). The van der Waals surface area contributed by atoms with Crippen molar-refractivity contribution in [3.05, 3.63) is 71.3 Å². The Morgan fingerprint density at radius 2 is 1.96 bits per heavy atom. The number of ether oxygens (including phenoxy) is 1. The summed E-state index contributed by atoms with van der Waals surface area (Å²) in [5, 5.41) is 6.86. The molecule has 1 unspecified atom stereocenters. The number of rotatable bonds is 6. The van der Waals surface area contributed by atoms with Gasteiger partial charge in [0.25, 0.3) is 5.91 Å². The summed E-state index contributed by atoms with van der Waals surface area (Å²) >= 11 is 0. The number of aryl methyl sites for hydroxylation is 1. The summed E-state index contributed by atoms with van der Waals surface area (Å²) in [6.07, 6.45) is 0.613. The van der Waals surface area contributed by atoms with Crippen LogP contribution in [0.25, 0.3) is 0 Å². The van der Waals surface area contributed by atoms with E-state index in [2.05, 4.69) is 10.5 Å². The van der Waals surface area contributed by atoms with Crippen LogP contribution in [0.15, 0.2) is 59.8 Å². The zero-order valence-electron chi connectivity index (χ0n) is 15.4. The Labute approximate surface area is 158 Å². The smallest absolute Gasteiger partial charge is 0.353 e. The lowest BCUT2D eigenvalue weighted by Gasteiger charge is -2.23. The van der Waals surface area contributed by atoms with Crippen LogP contribution in [0.2, 0.25) is 0 Å². The van der Waals surface area contributed by atoms with Gasteiger partial charge in [-0.3, -0.25) is 4.79 Å². The molecular formula is C21H22N2O4. The quantitative estimate of drug-likeness (QED) is 0.798. The Balaban J connectivity index is 1.65. The van der Waals surface area contributed by atoms with E-state index in [9.17, 15) is 9.59 Å². The molecule has 1 heterocycles. The number of esters is 1. The van der Waals surface area contributed by atoms with E-state index in [1.165, 1.54) is 7.11 Å². The second-order valence-electron chi connectivity index (χ2n) is 6.63. The monoisotopic (exact) mass is 366 g/mol. The molecule has 0 spiro atoms. The van der Waals surface area contributed by atoms with Crippen molar-refractivity contribution in [1.82, 2.24) is 5.32 Å². The predicted octanol–water partition coefficient (Wildman–Crippen LogP) is 2.66. The Kier molecular flexibility index (Phi) is 5.54. The fourth-order valence-corrected chi connectivity index (χ4v) is 3.10. The number of carbonyl (C=O) groups is 2. The molecule has 1 aliphatic heterocycles. The summed E-state index contributed by atoms with van der Waals surface area (Å²) in [5.74, 6) is -0.671. The molecule has 1 N–H and O–H groups in total. The summed E-state index contributed by atoms with van der Waals surface area (Å²) in [6.45, 7) is 2.14. The van der Waals surface area contributed by atoms with E-state index in [4.69, 9.17) is 9.57 Å². The van der Waals surface area contributed by atoms with Crippen molar-refractivity contribution in [3.63, 3.8) is 0 Å². The number of carbonyl (C=O) groups excluding carboxylic acids is 2. The van der Waals surface area contributed by atoms with Gasteiger partial charge >= 0.3 is 5.97 Å². The SMILES string of the molecule is COC(=O)C1(Cc2ccccc2)CC(CNC(=O)c2cccc(C)c2)=NO1. The molecule has 1 atom stereocenters. The lowest BCUT2D eigenvalue weighted by molar-refractivity contribution is -0.166. The zero-order chi connectivity index (χ0) is 19.3. The summed E-state index contributed by atoms with van der Waals surface area (Å²) in [4.78, 5) is 30.2. The summed E-state index contributed by atoms with van der Waals surface area (Å²) in [6, 6.07) is 16.9. The van der Waals surface area contributed by atoms with Crippen LogP contribution in [0.1, 0.15) is 27.9 Å². The van der Waals surface area contributed by atoms with Crippen LogP contribution >= 0.6 is 0 Å². The number of hydrogen-bond acceptors (Lipinski definition) is 5. The highest BCUT2D eigenvalue weighted by Gasteiger charge is 2.47. The molecule has 27 heavy (non-hydrogen) atoms. The Morgan fingerprint density at radius 3 is 2.67 bits per heavy atom. The molecule has 0 radical (unpaired) electrons. The highest BCUT2D eigenvalue weighted by Crippen LogP contribution is 2.29. The van der Waals surface area contributed by atoms with Crippen LogP contribution in [-0.4, -0.2) is 36.8 Å². The third kappa shape index (κ3) is 4.34. The lowest BCUT2D eigenvalue weighted by Crippen LogP contribution is -2.43. The number of nitrogens with one attached hydrogen (secondary N) is 1. The van der Waals surface area contributed by atoms with Crippen molar-refractivity contribution in [3.8, 4) is 0 Å². The highest BCUT2D eigenvalue weighted by molar-refractivity contribution is 6.00. The fraction of sp³-hybridized carbons (Fsp3) is 0.286. The normalized spacial score (nSPS) is 18.4. The van der Waals surface area contributed by atoms with Crippen LogP contribution in [0.3, 0.4) is 0 Å². The van der Waals surface area contributed by atoms with Gasteiger partial charge in [0.15, 0.2) is 0 Å². The topological polar surface area (TPSA) is 77.0 Å². The van der Waals surface area contributed by atoms with Crippen molar-refractivity contribution in [1.29, 1.82) is 0 Å². The van der Waals surface area contributed by atoms with Gasteiger partial charge < -0.3 is 14.9 Å². The molecular weight excluding hydrogens is 344 g/mol. The molecule has 1 amide bonds. The average Bonchev–Trinajstić information content (AvgIpc) is 3.10. The van der Waals surface area contributed by atoms with E-state index < -0.39 is 11.6 Å². The van der Waals surface area contributed by atoms with Crippen LogP contribution in [0, 0.1) is 6.92 Å². The number of benzene rings is 2. The average molecular weight is 366 g/mol. The minimum atomic E-state index is -1.19. The first-order valence-electron chi connectivity index (χ1n) is 8.73. The van der Waals surface area contributed by atoms with Crippen LogP contribution in [0.4, 0.5) is 0 Å². The first-order chi connectivity index (χ1) is 13.0. The fourth-order valence-electron chi connectivity index (χ4n) is 3.10. The zero-order valence-corrected chi connectivity index (χ0v) is 15.4. The van der Waals surface area contributed by atoms with Crippen molar-refractivity contribution in [2.24, 2.45) is 5.16 Å². The molecule has 140 valence electrons. The van der Waals surface area contributed by atoms with Gasteiger partial charge in [-0.25, -0.2) is 4.79 Å². The van der Waals surface area contributed by atoms with Crippen LogP contribution in [0.5, 0.6) is 0 Å². The van der Waals surface area contributed by atoms with Crippen molar-refractivity contribution in [2.75, 3.05) is 13.7 Å². The van der Waals surface area contributed by atoms with Gasteiger partial charge in [-0.1, -0.05) is 53.2 Å². The maximum Gasteiger partial charge on any atom is 0.353 e. The van der Waals surface area contributed by atoms with E-state index in [0.29, 0.717) is 17.7 Å². The number of nitrogens with zero attached hydrogens (tertiary/aromatic N) is 1. The van der Waals surface area contributed by atoms with Crippen LogP contribution in [-0.2, 0) is 20.8 Å². The third-order valence-corrected chi connectivity index (χ3v) is 4.46. The van der Waals surface area contributed by atoms with Gasteiger partial charge in [0.1, 0.15) is 0 Å². The molecule has 2 aromatic rings. The molecule has 2 aromatic carbocycles. The van der Waals surface area contributed by atoms with E-state index in [0.717, 1.165) is 11.1 Å². The van der Waals surface area contributed by atoms with Crippen LogP contribution < -0.4 is 5.32 Å². The van der Waals surface area contributed by atoms with Gasteiger partial charge in [0, 0.05) is 18.4 Å². The minimum Gasteiger partial charge on any atom is -0.466 e. The molecule has 1 aliphatic rings. The first kappa shape index (κ1) is 18.6. The summed E-state index contributed by atoms with van der Waals surface area (Å²) in [5.41, 5.74) is 1.94. The van der Waals surface area contributed by atoms with Gasteiger partial charge in [-0.15, -0.1) is 0 Å². The Hall–Kier alpha value is -3.15. The minimum absolute atomic E-state index is 0.194. The van der Waals surface area contributed by atoms with E-state index in [1.54, 1.807) is 6.07 Å². The largest absolute Gasteiger partial charge is 0.466 e. The molecule has 0 fully saturated rings. The van der Waals surface area contributed by atoms with Gasteiger partial charge in [0.05, 0.1) is 19.4 Å². The molecule has 0 aliphatic carbocycles. The number of oxime groups is 1. The molecule has 6 heteroatoms. The molecule has 0 aromatic heterocycles. The van der Waals surface area contributed by atoms with Gasteiger partial charge in [-0.2, -0.15) is 0 Å². The standard InChI is InChI=1S/C21H22N2O4/c1-15-7-6-10-17(11-15)19(24)22-14-18-13-21(27-23-18,20(25)26-2)12-16-8-4-3-5-9-16/h3-11H,12-14H2,1-2H3,(H,22,24). The van der Waals surface area contributed by atoms with E-state index in [1.807, 2.05) is 55.5 Å². The molecule has 0 bridgehead atoms. The van der Waals surface area contributed by atoms with Gasteiger partial charge in [0.2, 0.25) is 5.60 Å². The maximum atomic E-state index is 12.4. The molecule has 0 saturated heterocycles. The van der Waals surface area contributed by atoms with Crippen molar-refractivity contribution in [2.45, 2.75) is 25.4 Å². The van der Waals surface area contributed by atoms with E-state index in [-0.39, 0.29) is 18.9 Å². The lowest BCUT2D eigenvalue weighted by atomic mass is 9.89. The Morgan fingerprint density at radius 1 is 1.19 bits per heavy atom. The first-order valence-corrected chi connectivity index (χ1v) is 8.73. The maximum absolute atomic E-state index is 12.4. The Bertz CT molecular complexity index is 863. The predicted molar refractivity (Wildman–Crippen MR) is 102 cm³/mol. The second kappa shape index (κ2) is 8.03. The summed E-state index contributed by atoms with van der Waals surface area (Å²) in [7, 11) is 1.33. The third-order valence-electron chi connectivity index (χ3n) is 4.46. The van der Waals surface area contributed by atoms with Gasteiger partial charge in [-0.05, 0) is 24.6 Å². The number of amides is 1. The highest BCUT2D eigenvalue weighted by atomic mass is 16.7. The molecule has 0 saturated carbocycles. The molecule has 6 nitrogen and oxygen atoms in total. The van der Waals surface area contributed by atoms with Crippen molar-refractivity contribution >= 4 is 17.6 Å². The number of hydrogen-bond donors (Lipinski definition) is 1. The van der Waals surface area contributed by atoms with E-state index >= 15 is 0 Å². The number of methoxy groups -OCH3 is 1. The second-order valence-corrected chi connectivity index (χ2v) is 6.63.